The minimum absolute atomic E-state index is 0.212. The molecule has 2 aromatic rings. The third-order valence-electron chi connectivity index (χ3n) is 4.94. The highest BCUT2D eigenvalue weighted by molar-refractivity contribution is 6.30. The lowest BCUT2D eigenvalue weighted by molar-refractivity contribution is 0.0829. The van der Waals surface area contributed by atoms with Gasteiger partial charge in [-0.1, -0.05) is 42.8 Å². The van der Waals surface area contributed by atoms with Crippen LogP contribution in [0.1, 0.15) is 42.2 Å². The van der Waals surface area contributed by atoms with Crippen LogP contribution in [-0.4, -0.2) is 6.61 Å². The van der Waals surface area contributed by atoms with Crippen molar-refractivity contribution in [2.75, 3.05) is 11.9 Å². The summed E-state index contributed by atoms with van der Waals surface area (Å²) in [6.07, 6.45) is 2.37. The van der Waals surface area contributed by atoms with E-state index in [1.165, 1.54) is 22.4 Å². The topological polar surface area (TPSA) is 21.3 Å². The molecule has 0 radical (unpaired) electrons. The van der Waals surface area contributed by atoms with E-state index < -0.39 is 0 Å². The van der Waals surface area contributed by atoms with E-state index in [9.17, 15) is 0 Å². The van der Waals surface area contributed by atoms with E-state index in [1.807, 2.05) is 12.1 Å². The lowest BCUT2D eigenvalue weighted by atomic mass is 9.80. The van der Waals surface area contributed by atoms with Gasteiger partial charge in [0.2, 0.25) is 0 Å². The molecule has 2 aliphatic rings. The number of halogens is 1. The first kappa shape index (κ1) is 14.1. The summed E-state index contributed by atoms with van der Waals surface area (Å²) in [5.41, 5.74) is 5.20. The lowest BCUT2D eigenvalue weighted by Crippen LogP contribution is -2.29. The molecule has 2 aliphatic heterocycles. The number of hydrogen-bond acceptors (Lipinski definition) is 2. The quantitative estimate of drug-likeness (QED) is 0.828. The van der Waals surface area contributed by atoms with Gasteiger partial charge in [0, 0.05) is 28.8 Å². The summed E-state index contributed by atoms with van der Waals surface area (Å²) in [6.45, 7) is 3.04. The molecule has 2 aromatic carbocycles. The van der Waals surface area contributed by atoms with Crippen molar-refractivity contribution in [3.05, 3.63) is 64.2 Å². The fourth-order valence-electron chi connectivity index (χ4n) is 3.74. The molecule has 1 N–H and O–H groups in total. The van der Waals surface area contributed by atoms with Crippen molar-refractivity contribution < 1.29 is 4.74 Å². The summed E-state index contributed by atoms with van der Waals surface area (Å²) in [5, 5.41) is 4.52. The Balaban J connectivity index is 1.75. The number of benzene rings is 2. The number of aryl methyl sites for hydroxylation is 1. The molecule has 4 rings (SSSR count). The molecular formula is C19H20ClNO. The van der Waals surface area contributed by atoms with Crippen molar-refractivity contribution in [2.24, 2.45) is 5.92 Å². The molecule has 0 spiro atoms. The molecule has 1 saturated heterocycles. The summed E-state index contributed by atoms with van der Waals surface area (Å²) >= 11 is 6.03. The van der Waals surface area contributed by atoms with E-state index in [0.29, 0.717) is 12.0 Å². The number of ether oxygens (including phenoxy) is 1. The van der Waals surface area contributed by atoms with Crippen LogP contribution in [0.4, 0.5) is 5.69 Å². The summed E-state index contributed by atoms with van der Waals surface area (Å²) in [4.78, 5) is 0. The Morgan fingerprint density at radius 2 is 2.00 bits per heavy atom. The van der Waals surface area contributed by atoms with Gasteiger partial charge < -0.3 is 10.1 Å². The van der Waals surface area contributed by atoms with Crippen LogP contribution < -0.4 is 5.32 Å². The van der Waals surface area contributed by atoms with Crippen LogP contribution in [0.15, 0.2) is 42.5 Å². The number of rotatable bonds is 2. The van der Waals surface area contributed by atoms with Crippen LogP contribution in [0.3, 0.4) is 0 Å². The van der Waals surface area contributed by atoms with Crippen molar-refractivity contribution in [3.63, 3.8) is 0 Å². The molecule has 0 saturated carbocycles. The summed E-state index contributed by atoms with van der Waals surface area (Å²) in [5.74, 6) is 0.487. The molecule has 1 fully saturated rings. The zero-order valence-corrected chi connectivity index (χ0v) is 13.4. The van der Waals surface area contributed by atoms with Crippen LogP contribution in [-0.2, 0) is 11.2 Å². The first-order valence-electron chi connectivity index (χ1n) is 8.02. The molecule has 3 unspecified atom stereocenters. The van der Waals surface area contributed by atoms with Gasteiger partial charge in [-0.3, -0.25) is 0 Å². The second kappa shape index (κ2) is 5.60. The van der Waals surface area contributed by atoms with E-state index in [2.05, 4.69) is 42.6 Å². The van der Waals surface area contributed by atoms with Crippen LogP contribution in [0.2, 0.25) is 5.02 Å². The van der Waals surface area contributed by atoms with Crippen molar-refractivity contribution in [3.8, 4) is 0 Å². The fraction of sp³-hybridized carbons (Fsp3) is 0.368. The van der Waals surface area contributed by atoms with E-state index >= 15 is 0 Å². The summed E-state index contributed by atoms with van der Waals surface area (Å²) in [6, 6.07) is 15.2. The second-order valence-electron chi connectivity index (χ2n) is 6.19. The molecule has 0 amide bonds. The highest BCUT2D eigenvalue weighted by Crippen LogP contribution is 2.50. The monoisotopic (exact) mass is 313 g/mol. The molecule has 0 aliphatic carbocycles. The van der Waals surface area contributed by atoms with Crippen LogP contribution in [0.5, 0.6) is 0 Å². The van der Waals surface area contributed by atoms with E-state index in [0.717, 1.165) is 24.5 Å². The molecular weight excluding hydrogens is 294 g/mol. The maximum Gasteiger partial charge on any atom is 0.0896 e. The zero-order chi connectivity index (χ0) is 15.1. The number of anilines is 1. The molecule has 0 aromatic heterocycles. The Kier molecular flexibility index (Phi) is 3.59. The van der Waals surface area contributed by atoms with Gasteiger partial charge in [-0.05, 0) is 42.2 Å². The lowest BCUT2D eigenvalue weighted by Gasteiger charge is -2.36. The minimum Gasteiger partial charge on any atom is -0.378 e. The van der Waals surface area contributed by atoms with Gasteiger partial charge in [0.15, 0.2) is 0 Å². The summed E-state index contributed by atoms with van der Waals surface area (Å²) in [7, 11) is 0. The Morgan fingerprint density at radius 3 is 2.77 bits per heavy atom. The third-order valence-corrected chi connectivity index (χ3v) is 5.19. The predicted molar refractivity (Wildman–Crippen MR) is 90.4 cm³/mol. The van der Waals surface area contributed by atoms with E-state index in [-0.39, 0.29) is 6.10 Å². The average Bonchev–Trinajstić information content (AvgIpc) is 3.04. The molecule has 2 heterocycles. The number of nitrogens with one attached hydrogen (secondary N) is 1. The highest BCUT2D eigenvalue weighted by Gasteiger charge is 2.41. The molecule has 3 heteroatoms. The Morgan fingerprint density at radius 1 is 1.18 bits per heavy atom. The number of hydrogen-bond donors (Lipinski definition) is 1. The van der Waals surface area contributed by atoms with Gasteiger partial charge in [0.25, 0.3) is 0 Å². The van der Waals surface area contributed by atoms with E-state index in [1.54, 1.807) is 0 Å². The third kappa shape index (κ3) is 2.31. The van der Waals surface area contributed by atoms with Gasteiger partial charge in [0.05, 0.1) is 12.1 Å². The number of fused-ring (bicyclic) bond motifs is 3. The molecule has 3 atom stereocenters. The summed E-state index contributed by atoms with van der Waals surface area (Å²) < 4.78 is 6.09. The maximum atomic E-state index is 6.09. The standard InChI is InChI=1S/C19H20ClNO/c1-2-12-3-8-17-16(11-12)19-15(9-10-22-19)18(21-17)13-4-6-14(20)7-5-13/h3-8,11,15,18-19,21H,2,9-10H2,1H3. The van der Waals surface area contributed by atoms with E-state index in [4.69, 9.17) is 16.3 Å². The van der Waals surface area contributed by atoms with Gasteiger partial charge >= 0.3 is 0 Å². The Labute approximate surface area is 136 Å². The fourth-order valence-corrected chi connectivity index (χ4v) is 3.87. The van der Waals surface area contributed by atoms with Gasteiger partial charge in [0.1, 0.15) is 0 Å². The van der Waals surface area contributed by atoms with Crippen molar-refractivity contribution in [1.29, 1.82) is 0 Å². The first-order valence-corrected chi connectivity index (χ1v) is 8.40. The molecule has 2 nitrogen and oxygen atoms in total. The predicted octanol–water partition coefficient (Wildman–Crippen LogP) is 5.15. The van der Waals surface area contributed by atoms with Gasteiger partial charge in [-0.25, -0.2) is 0 Å². The smallest absolute Gasteiger partial charge is 0.0896 e. The molecule has 114 valence electrons. The van der Waals surface area contributed by atoms with Gasteiger partial charge in [-0.15, -0.1) is 0 Å². The normalized spacial score (nSPS) is 26.2. The largest absolute Gasteiger partial charge is 0.378 e. The second-order valence-corrected chi connectivity index (χ2v) is 6.63. The maximum absolute atomic E-state index is 6.09. The minimum atomic E-state index is 0.212. The van der Waals surface area contributed by atoms with Crippen molar-refractivity contribution in [2.45, 2.75) is 31.9 Å². The Hall–Kier alpha value is -1.51. The zero-order valence-electron chi connectivity index (χ0n) is 12.7. The highest BCUT2D eigenvalue weighted by atomic mass is 35.5. The van der Waals surface area contributed by atoms with Gasteiger partial charge in [-0.2, -0.15) is 0 Å². The molecule has 22 heavy (non-hydrogen) atoms. The van der Waals surface area contributed by atoms with Crippen LogP contribution in [0, 0.1) is 5.92 Å². The first-order chi connectivity index (χ1) is 10.8. The Bertz CT molecular complexity index is 682. The molecule has 0 bridgehead atoms. The van der Waals surface area contributed by atoms with Crippen LogP contribution >= 0.6 is 11.6 Å². The average molecular weight is 314 g/mol. The van der Waals surface area contributed by atoms with Crippen LogP contribution in [0.25, 0.3) is 0 Å². The van der Waals surface area contributed by atoms with Crippen molar-refractivity contribution in [1.82, 2.24) is 0 Å². The SMILES string of the molecule is CCc1ccc2c(c1)C1OCCC1C(c1ccc(Cl)cc1)N2. The van der Waals surface area contributed by atoms with Crippen molar-refractivity contribution >= 4 is 17.3 Å².